The monoisotopic (exact) mass is 463 g/mol. The Balaban J connectivity index is 1.77. The minimum absolute atomic E-state index is 0.104. The van der Waals surface area contributed by atoms with E-state index in [-0.39, 0.29) is 17.4 Å². The van der Waals surface area contributed by atoms with Crippen molar-refractivity contribution in [2.45, 2.75) is 58.6 Å². The molecule has 2 atom stereocenters. The molecular weight excluding hydrogens is 430 g/mol. The summed E-state index contributed by atoms with van der Waals surface area (Å²) in [5.41, 5.74) is 3.43. The zero-order valence-corrected chi connectivity index (χ0v) is 20.2. The third-order valence-electron chi connectivity index (χ3n) is 6.58. The molecule has 0 saturated carbocycles. The van der Waals surface area contributed by atoms with E-state index >= 15 is 0 Å². The van der Waals surface area contributed by atoms with E-state index in [2.05, 4.69) is 6.92 Å². The predicted molar refractivity (Wildman–Crippen MR) is 131 cm³/mol. The Bertz CT molecular complexity index is 1080. The Morgan fingerprint density at radius 2 is 1.91 bits per heavy atom. The van der Waals surface area contributed by atoms with E-state index in [9.17, 15) is 14.7 Å². The maximum atomic E-state index is 13.2. The average Bonchev–Trinajstić information content (AvgIpc) is 3.45. The number of amides is 1. The van der Waals surface area contributed by atoms with Crippen LogP contribution in [-0.4, -0.2) is 47.6 Å². The second kappa shape index (κ2) is 10.4. The number of ketones is 1. The van der Waals surface area contributed by atoms with Gasteiger partial charge in [-0.25, -0.2) is 0 Å². The summed E-state index contributed by atoms with van der Waals surface area (Å²) in [7, 11) is 0. The molecular formula is C28H33NO5. The van der Waals surface area contributed by atoms with E-state index in [1.807, 2.05) is 38.1 Å². The van der Waals surface area contributed by atoms with Crippen LogP contribution in [0.4, 0.5) is 0 Å². The molecule has 34 heavy (non-hydrogen) atoms. The first-order valence-corrected chi connectivity index (χ1v) is 12.2. The van der Waals surface area contributed by atoms with Crippen molar-refractivity contribution >= 4 is 17.4 Å². The van der Waals surface area contributed by atoms with Gasteiger partial charge in [0.25, 0.3) is 11.7 Å². The number of aryl methyl sites for hydroxylation is 2. The number of aliphatic hydroxyl groups excluding tert-OH is 1. The maximum Gasteiger partial charge on any atom is 0.295 e. The highest BCUT2D eigenvalue weighted by Crippen LogP contribution is 2.40. The highest BCUT2D eigenvalue weighted by molar-refractivity contribution is 6.46. The summed E-state index contributed by atoms with van der Waals surface area (Å²) >= 11 is 0. The summed E-state index contributed by atoms with van der Waals surface area (Å²) in [6, 6.07) is 12.6. The van der Waals surface area contributed by atoms with Gasteiger partial charge in [0.1, 0.15) is 11.5 Å². The van der Waals surface area contributed by atoms with Crippen LogP contribution in [0.2, 0.25) is 0 Å². The van der Waals surface area contributed by atoms with Crippen LogP contribution >= 0.6 is 0 Å². The lowest BCUT2D eigenvalue weighted by molar-refractivity contribution is -0.140. The number of Topliss-reactive ketones (excluding diaryl/α,β-unsaturated/α-hetero) is 1. The fourth-order valence-corrected chi connectivity index (χ4v) is 4.68. The molecule has 0 radical (unpaired) electrons. The average molecular weight is 464 g/mol. The van der Waals surface area contributed by atoms with Gasteiger partial charge in [0.05, 0.1) is 24.3 Å². The lowest BCUT2D eigenvalue weighted by Gasteiger charge is -2.27. The molecule has 0 aliphatic carbocycles. The number of carbonyl (C=O) groups is 2. The minimum Gasteiger partial charge on any atom is -0.507 e. The van der Waals surface area contributed by atoms with Gasteiger partial charge in [0, 0.05) is 18.7 Å². The number of likely N-dealkylation sites (tertiary alicyclic amines) is 1. The molecule has 2 saturated heterocycles. The standard InChI is InChI=1S/C28H33NO5/c1-4-14-34-23-13-12-21(16-18(23)3)26(30)24-25(20-10-8-19(5-2)9-11-20)29(28(32)27(24)31)17-22-7-6-15-33-22/h8-13,16,22,25,30H,4-7,14-15,17H2,1-3H3/b26-24-. The number of benzene rings is 2. The lowest BCUT2D eigenvalue weighted by atomic mass is 9.94. The molecule has 2 unspecified atom stereocenters. The van der Waals surface area contributed by atoms with E-state index in [0.717, 1.165) is 48.1 Å². The van der Waals surface area contributed by atoms with Crippen LogP contribution in [-0.2, 0) is 20.7 Å². The van der Waals surface area contributed by atoms with E-state index in [1.165, 1.54) is 0 Å². The summed E-state index contributed by atoms with van der Waals surface area (Å²) < 4.78 is 11.5. The first-order valence-electron chi connectivity index (χ1n) is 12.2. The first kappa shape index (κ1) is 24.0. The molecule has 180 valence electrons. The van der Waals surface area contributed by atoms with Gasteiger partial charge >= 0.3 is 0 Å². The molecule has 2 aliphatic rings. The molecule has 1 N–H and O–H groups in total. The molecule has 2 heterocycles. The lowest BCUT2D eigenvalue weighted by Crippen LogP contribution is -2.36. The van der Waals surface area contributed by atoms with Crippen molar-refractivity contribution in [3.8, 4) is 5.75 Å². The molecule has 1 amide bonds. The zero-order valence-electron chi connectivity index (χ0n) is 20.2. The van der Waals surface area contributed by atoms with Crippen molar-refractivity contribution in [3.05, 3.63) is 70.3 Å². The molecule has 0 spiro atoms. The van der Waals surface area contributed by atoms with Crippen molar-refractivity contribution in [2.24, 2.45) is 0 Å². The second-order valence-electron chi connectivity index (χ2n) is 9.01. The van der Waals surface area contributed by atoms with Gasteiger partial charge in [-0.2, -0.15) is 0 Å². The fraction of sp³-hybridized carbons (Fsp3) is 0.429. The maximum absolute atomic E-state index is 13.2. The van der Waals surface area contributed by atoms with Crippen LogP contribution in [0, 0.1) is 6.92 Å². The summed E-state index contributed by atoms with van der Waals surface area (Å²) in [4.78, 5) is 27.9. The Hall–Kier alpha value is -3.12. The Labute approximate surface area is 201 Å². The topological polar surface area (TPSA) is 76.1 Å². The Morgan fingerprint density at radius 1 is 1.15 bits per heavy atom. The van der Waals surface area contributed by atoms with Crippen LogP contribution in [0.5, 0.6) is 5.75 Å². The molecule has 6 nitrogen and oxygen atoms in total. The quantitative estimate of drug-likeness (QED) is 0.341. The number of hydrogen-bond acceptors (Lipinski definition) is 5. The van der Waals surface area contributed by atoms with Crippen molar-refractivity contribution in [3.63, 3.8) is 0 Å². The van der Waals surface area contributed by atoms with Crippen LogP contribution in [0.1, 0.15) is 61.4 Å². The van der Waals surface area contributed by atoms with Gasteiger partial charge in [-0.05, 0) is 67.5 Å². The molecule has 2 aromatic carbocycles. The van der Waals surface area contributed by atoms with Gasteiger partial charge in [-0.3, -0.25) is 9.59 Å². The van der Waals surface area contributed by atoms with Crippen molar-refractivity contribution in [2.75, 3.05) is 19.8 Å². The van der Waals surface area contributed by atoms with Crippen molar-refractivity contribution < 1.29 is 24.2 Å². The molecule has 2 aliphatic heterocycles. The van der Waals surface area contributed by atoms with Gasteiger partial charge < -0.3 is 19.5 Å². The summed E-state index contributed by atoms with van der Waals surface area (Å²) in [6.07, 6.45) is 3.47. The highest BCUT2D eigenvalue weighted by Gasteiger charge is 2.47. The number of aliphatic hydroxyl groups is 1. The van der Waals surface area contributed by atoms with E-state index < -0.39 is 17.7 Å². The number of nitrogens with zero attached hydrogens (tertiary/aromatic N) is 1. The smallest absolute Gasteiger partial charge is 0.295 e. The van der Waals surface area contributed by atoms with Crippen LogP contribution in [0.15, 0.2) is 48.0 Å². The second-order valence-corrected chi connectivity index (χ2v) is 9.01. The molecule has 2 aromatic rings. The molecule has 0 bridgehead atoms. The third-order valence-corrected chi connectivity index (χ3v) is 6.58. The zero-order chi connectivity index (χ0) is 24.2. The van der Waals surface area contributed by atoms with Crippen LogP contribution in [0.25, 0.3) is 5.76 Å². The van der Waals surface area contributed by atoms with E-state index in [4.69, 9.17) is 9.47 Å². The Morgan fingerprint density at radius 3 is 2.53 bits per heavy atom. The largest absolute Gasteiger partial charge is 0.507 e. The predicted octanol–water partition coefficient (Wildman–Crippen LogP) is 4.95. The summed E-state index contributed by atoms with van der Waals surface area (Å²) in [5.74, 6) is -0.683. The SMILES string of the molecule is CCCOc1ccc(/C(O)=C2/C(=O)C(=O)N(CC3CCCO3)C2c2ccc(CC)cc2)cc1C. The van der Waals surface area contributed by atoms with Gasteiger partial charge in [0.15, 0.2) is 0 Å². The van der Waals surface area contributed by atoms with E-state index in [1.54, 1.807) is 23.1 Å². The number of rotatable bonds is 8. The molecule has 6 heteroatoms. The Kier molecular flexibility index (Phi) is 7.37. The summed E-state index contributed by atoms with van der Waals surface area (Å²) in [6.45, 7) is 7.61. The van der Waals surface area contributed by atoms with Gasteiger partial charge in [-0.1, -0.05) is 38.1 Å². The fourth-order valence-electron chi connectivity index (χ4n) is 4.68. The molecule has 4 rings (SSSR count). The van der Waals surface area contributed by atoms with Crippen LogP contribution < -0.4 is 4.74 Å². The highest BCUT2D eigenvalue weighted by atomic mass is 16.5. The number of carbonyl (C=O) groups excluding carboxylic acids is 2. The minimum atomic E-state index is -0.663. The summed E-state index contributed by atoms with van der Waals surface area (Å²) in [5, 5.41) is 11.3. The first-order chi connectivity index (χ1) is 16.4. The van der Waals surface area contributed by atoms with Gasteiger partial charge in [-0.15, -0.1) is 0 Å². The van der Waals surface area contributed by atoms with Gasteiger partial charge in [0.2, 0.25) is 0 Å². The van der Waals surface area contributed by atoms with E-state index in [0.29, 0.717) is 25.3 Å². The number of hydrogen-bond donors (Lipinski definition) is 1. The third kappa shape index (κ3) is 4.73. The number of ether oxygens (including phenoxy) is 2. The van der Waals surface area contributed by atoms with Crippen molar-refractivity contribution in [1.82, 2.24) is 4.90 Å². The van der Waals surface area contributed by atoms with Crippen LogP contribution in [0.3, 0.4) is 0 Å². The molecule has 2 fully saturated rings. The van der Waals surface area contributed by atoms with Crippen molar-refractivity contribution in [1.29, 1.82) is 0 Å². The molecule has 0 aromatic heterocycles. The normalized spacial score (nSPS) is 21.9.